The Morgan fingerprint density at radius 1 is 0.724 bits per heavy atom. The van der Waals surface area contributed by atoms with E-state index in [1.54, 1.807) is 14.4 Å². The maximum absolute atomic E-state index is 2.65. The first-order valence-electron chi connectivity index (χ1n) is 10.9. The molecule has 29 heavy (non-hydrogen) atoms. The van der Waals surface area contributed by atoms with Gasteiger partial charge in [0.1, 0.15) is 0 Å². The van der Waals surface area contributed by atoms with Gasteiger partial charge in [-0.3, -0.25) is 0 Å². The first kappa shape index (κ1) is 23.2. The molecule has 1 aromatic rings. The van der Waals surface area contributed by atoms with Gasteiger partial charge in [-0.1, -0.05) is 0 Å². The fourth-order valence-electron chi connectivity index (χ4n) is 5.75. The Balaban J connectivity index is 0.00000120. The Labute approximate surface area is 196 Å². The average Bonchev–Trinajstić information content (AvgIpc) is 3.34. The molecule has 4 aliphatic carbocycles. The Morgan fingerprint density at radius 2 is 1.21 bits per heavy atom. The normalized spacial score (nSPS) is 24.6. The summed E-state index contributed by atoms with van der Waals surface area (Å²) in [4.78, 5) is 0. The molecule has 2 unspecified atom stereocenters. The number of hydrogen-bond donors (Lipinski definition) is 0. The van der Waals surface area contributed by atoms with Crippen LogP contribution in [-0.4, -0.2) is 3.26 Å². The minimum Gasteiger partial charge on any atom is -0.147 e. The van der Waals surface area contributed by atoms with Crippen LogP contribution in [0.5, 0.6) is 0 Å². The van der Waals surface area contributed by atoms with Crippen LogP contribution in [0.2, 0.25) is 7.35 Å². The van der Waals surface area contributed by atoms with Crippen LogP contribution in [0.4, 0.5) is 0 Å². The van der Waals surface area contributed by atoms with Gasteiger partial charge in [-0.15, -0.1) is 24.8 Å². The molecule has 0 saturated carbocycles. The van der Waals surface area contributed by atoms with E-state index in [4.69, 9.17) is 0 Å². The Kier molecular flexibility index (Phi) is 8.15. The Hall–Kier alpha value is -0.500. The van der Waals surface area contributed by atoms with E-state index in [0.29, 0.717) is 0 Å². The molecule has 0 spiro atoms. The Bertz CT molecular complexity index is 852. The van der Waals surface area contributed by atoms with E-state index in [-0.39, 0.29) is 24.8 Å². The van der Waals surface area contributed by atoms with E-state index in [9.17, 15) is 0 Å². The summed E-state index contributed by atoms with van der Waals surface area (Å²) in [5.41, 5.74) is 8.68. The third kappa shape index (κ3) is 4.43. The van der Waals surface area contributed by atoms with Crippen LogP contribution in [0, 0.1) is 0 Å². The van der Waals surface area contributed by atoms with Gasteiger partial charge in [-0.25, -0.2) is 0 Å². The van der Waals surface area contributed by atoms with E-state index in [0.717, 1.165) is 7.35 Å². The van der Waals surface area contributed by atoms with Crippen molar-refractivity contribution in [2.45, 2.75) is 65.6 Å². The zero-order valence-corrected chi connectivity index (χ0v) is 22.5. The molecule has 0 aromatic heterocycles. The van der Waals surface area contributed by atoms with Crippen molar-refractivity contribution in [3.05, 3.63) is 82.5 Å². The van der Waals surface area contributed by atoms with E-state index in [2.05, 4.69) is 61.6 Å². The molecular formula is C26H32Cl2Hf. The monoisotopic (exact) mass is 594 g/mol. The minimum absolute atomic E-state index is 0. The molecule has 0 bridgehead atoms. The van der Waals surface area contributed by atoms with Crippen LogP contribution in [0.15, 0.2) is 76.9 Å². The average molecular weight is 594 g/mol. The Morgan fingerprint density at radius 3 is 1.72 bits per heavy atom. The molecule has 4 aliphatic rings. The van der Waals surface area contributed by atoms with Gasteiger partial charge in [0.15, 0.2) is 0 Å². The summed E-state index contributed by atoms with van der Waals surface area (Å²) < 4.78 is 3.42. The quantitative estimate of drug-likeness (QED) is 0.310. The standard InChI is InChI=1S/2C9H11.C8H8.2ClH.Hf/c2*1-2-5-9-7-3-6-8(9)4-1;1-2-8-6-4-3-5-7-8;;;/h2*3,6-7H,1-2,4-5H2;3-7H,1H3;2*1H;. The first-order valence-corrected chi connectivity index (χ1v) is 16.8. The number of hydrogen-bond acceptors (Lipinski definition) is 0. The second-order valence-electron chi connectivity index (χ2n) is 8.64. The van der Waals surface area contributed by atoms with Gasteiger partial charge in [0.05, 0.1) is 0 Å². The molecule has 0 heterocycles. The summed E-state index contributed by atoms with van der Waals surface area (Å²) in [6, 6.07) is 11.4. The summed E-state index contributed by atoms with van der Waals surface area (Å²) in [5, 5.41) is 0. The van der Waals surface area contributed by atoms with Crippen molar-refractivity contribution in [3.63, 3.8) is 0 Å². The number of rotatable bonds is 3. The number of benzene rings is 1. The fourth-order valence-corrected chi connectivity index (χ4v) is 19.5. The SMILES string of the molecule is C[C](c1ccccc1)=[Hf]([CH]1C=CC2=C1CCCC2)[CH]1C=CC2=C1CCCC2.Cl.Cl. The summed E-state index contributed by atoms with van der Waals surface area (Å²) >= 11 is -2.18. The van der Waals surface area contributed by atoms with Crippen LogP contribution in [0.1, 0.15) is 63.9 Å². The van der Waals surface area contributed by atoms with Gasteiger partial charge in [0.25, 0.3) is 0 Å². The molecule has 0 saturated heterocycles. The van der Waals surface area contributed by atoms with E-state index >= 15 is 0 Å². The second-order valence-corrected chi connectivity index (χ2v) is 19.1. The van der Waals surface area contributed by atoms with Crippen LogP contribution in [-0.2, 0) is 21.0 Å². The van der Waals surface area contributed by atoms with E-state index in [1.807, 2.05) is 11.1 Å². The molecule has 2 atom stereocenters. The summed E-state index contributed by atoms with van der Waals surface area (Å²) in [6.45, 7) is 2.50. The zero-order chi connectivity index (χ0) is 18.2. The van der Waals surface area contributed by atoms with E-state index in [1.165, 1.54) is 56.9 Å². The predicted octanol–water partition coefficient (Wildman–Crippen LogP) is 8.15. The van der Waals surface area contributed by atoms with Gasteiger partial charge in [0, 0.05) is 0 Å². The topological polar surface area (TPSA) is 0 Å². The third-order valence-corrected chi connectivity index (χ3v) is 20.0. The molecule has 0 fully saturated rings. The van der Waals surface area contributed by atoms with Crippen LogP contribution in [0.3, 0.4) is 0 Å². The van der Waals surface area contributed by atoms with Crippen LogP contribution < -0.4 is 0 Å². The number of allylic oxidation sites excluding steroid dienone is 8. The van der Waals surface area contributed by atoms with Crippen LogP contribution in [0.25, 0.3) is 0 Å². The molecule has 0 aliphatic heterocycles. The predicted molar refractivity (Wildman–Crippen MR) is 127 cm³/mol. The third-order valence-electron chi connectivity index (χ3n) is 7.15. The van der Waals surface area contributed by atoms with Crippen molar-refractivity contribution in [3.8, 4) is 0 Å². The molecule has 3 heteroatoms. The maximum atomic E-state index is 2.65. The van der Waals surface area contributed by atoms with Crippen molar-refractivity contribution in [2.24, 2.45) is 0 Å². The molecule has 0 N–H and O–H groups in total. The molecule has 0 nitrogen and oxygen atoms in total. The van der Waals surface area contributed by atoms with Gasteiger partial charge < -0.3 is 0 Å². The van der Waals surface area contributed by atoms with Gasteiger partial charge in [-0.05, 0) is 0 Å². The minimum atomic E-state index is -2.18. The summed E-state index contributed by atoms with van der Waals surface area (Å²) in [7, 11) is 0. The van der Waals surface area contributed by atoms with Crippen molar-refractivity contribution in [1.82, 2.24) is 0 Å². The molecular weight excluding hydrogens is 562 g/mol. The molecule has 5 rings (SSSR count). The maximum Gasteiger partial charge on any atom is -0.147 e. The summed E-state index contributed by atoms with van der Waals surface area (Å²) in [5.74, 6) is 0. The molecule has 0 amide bonds. The molecule has 154 valence electrons. The van der Waals surface area contributed by atoms with E-state index < -0.39 is 21.0 Å². The first-order chi connectivity index (χ1) is 13.3. The molecule has 0 radical (unpaired) electrons. The van der Waals surface area contributed by atoms with Gasteiger partial charge >= 0.3 is 172 Å². The number of halogens is 2. The van der Waals surface area contributed by atoms with Gasteiger partial charge in [-0.2, -0.15) is 0 Å². The smallest absolute Gasteiger partial charge is 0.147 e. The van der Waals surface area contributed by atoms with Gasteiger partial charge in [0.2, 0.25) is 0 Å². The van der Waals surface area contributed by atoms with Crippen molar-refractivity contribution < 1.29 is 21.0 Å². The molecule has 1 aromatic carbocycles. The summed E-state index contributed by atoms with van der Waals surface area (Å²) in [6.07, 6.45) is 21.4. The van der Waals surface area contributed by atoms with Crippen molar-refractivity contribution >= 4 is 28.1 Å². The van der Waals surface area contributed by atoms with Crippen LogP contribution >= 0.6 is 24.8 Å². The largest absolute Gasteiger partial charge is 0.147 e. The van der Waals surface area contributed by atoms with Crippen molar-refractivity contribution in [1.29, 1.82) is 0 Å². The fraction of sp³-hybridized carbons (Fsp3) is 0.423. The second kappa shape index (κ2) is 10.2. The van der Waals surface area contributed by atoms with Crippen molar-refractivity contribution in [2.75, 3.05) is 0 Å². The zero-order valence-electron chi connectivity index (χ0n) is 17.3.